The van der Waals surface area contributed by atoms with Crippen molar-refractivity contribution < 1.29 is 13.9 Å². The fraction of sp³-hybridized carbons (Fsp3) is 0.455. The summed E-state index contributed by atoms with van der Waals surface area (Å²) in [6, 6.07) is 3.78. The van der Waals surface area contributed by atoms with Gasteiger partial charge in [-0.3, -0.25) is 0 Å². The van der Waals surface area contributed by atoms with Gasteiger partial charge in [0.15, 0.2) is 6.29 Å². The standard InChI is InChI=1S/C11H13ClFNO2/c12-9-2-1-7(13)5-8(9)10(14)6-11-15-3-4-16-11/h1-2,5,10-11H,3-4,6,14H2. The highest BCUT2D eigenvalue weighted by Crippen LogP contribution is 2.26. The molecule has 1 aromatic carbocycles. The lowest BCUT2D eigenvalue weighted by atomic mass is 10.0. The summed E-state index contributed by atoms with van der Waals surface area (Å²) >= 11 is 5.95. The molecule has 1 aliphatic heterocycles. The van der Waals surface area contributed by atoms with E-state index < -0.39 is 0 Å². The van der Waals surface area contributed by atoms with Crippen molar-refractivity contribution in [2.24, 2.45) is 5.73 Å². The van der Waals surface area contributed by atoms with Crippen molar-refractivity contribution in [1.29, 1.82) is 0 Å². The van der Waals surface area contributed by atoms with Gasteiger partial charge in [0.05, 0.1) is 13.2 Å². The lowest BCUT2D eigenvalue weighted by Crippen LogP contribution is -2.20. The van der Waals surface area contributed by atoms with Crippen molar-refractivity contribution in [3.63, 3.8) is 0 Å². The van der Waals surface area contributed by atoms with Gasteiger partial charge in [-0.25, -0.2) is 4.39 Å². The van der Waals surface area contributed by atoms with E-state index in [1.807, 2.05) is 0 Å². The van der Waals surface area contributed by atoms with Crippen LogP contribution in [0.25, 0.3) is 0 Å². The van der Waals surface area contributed by atoms with Gasteiger partial charge < -0.3 is 15.2 Å². The second kappa shape index (κ2) is 5.10. The molecule has 1 unspecified atom stereocenters. The molecule has 0 saturated carbocycles. The highest BCUT2D eigenvalue weighted by atomic mass is 35.5. The van der Waals surface area contributed by atoms with Crippen molar-refractivity contribution in [3.8, 4) is 0 Å². The smallest absolute Gasteiger partial charge is 0.159 e. The van der Waals surface area contributed by atoms with Crippen LogP contribution in [0, 0.1) is 5.82 Å². The van der Waals surface area contributed by atoms with Gasteiger partial charge in [0.2, 0.25) is 0 Å². The SMILES string of the molecule is NC(CC1OCCO1)c1cc(F)ccc1Cl. The lowest BCUT2D eigenvalue weighted by molar-refractivity contribution is -0.0507. The summed E-state index contributed by atoms with van der Waals surface area (Å²) in [5.74, 6) is -0.344. The first kappa shape index (κ1) is 11.8. The van der Waals surface area contributed by atoms with Crippen LogP contribution in [-0.4, -0.2) is 19.5 Å². The highest BCUT2D eigenvalue weighted by molar-refractivity contribution is 6.31. The quantitative estimate of drug-likeness (QED) is 0.888. The number of benzene rings is 1. The third kappa shape index (κ3) is 2.71. The van der Waals surface area contributed by atoms with Gasteiger partial charge in [-0.2, -0.15) is 0 Å². The molecule has 3 nitrogen and oxygen atoms in total. The van der Waals surface area contributed by atoms with E-state index in [9.17, 15) is 4.39 Å². The zero-order chi connectivity index (χ0) is 11.5. The predicted octanol–water partition coefficient (Wildman–Crippen LogP) is 2.24. The van der Waals surface area contributed by atoms with Crippen molar-refractivity contribution >= 4 is 11.6 Å². The summed E-state index contributed by atoms with van der Waals surface area (Å²) in [4.78, 5) is 0. The minimum atomic E-state index is -0.383. The normalized spacial score (nSPS) is 18.9. The zero-order valence-electron chi connectivity index (χ0n) is 8.66. The van der Waals surface area contributed by atoms with Crippen molar-refractivity contribution in [1.82, 2.24) is 0 Å². The minimum absolute atomic E-state index is 0.311. The van der Waals surface area contributed by atoms with E-state index in [2.05, 4.69) is 0 Å². The zero-order valence-corrected chi connectivity index (χ0v) is 9.41. The van der Waals surface area contributed by atoms with Gasteiger partial charge in [-0.1, -0.05) is 11.6 Å². The van der Waals surface area contributed by atoms with Gasteiger partial charge in [0, 0.05) is 17.5 Å². The molecule has 5 heteroatoms. The molecule has 0 bridgehead atoms. The molecule has 0 radical (unpaired) electrons. The maximum absolute atomic E-state index is 13.0. The van der Waals surface area contributed by atoms with Crippen LogP contribution in [-0.2, 0) is 9.47 Å². The van der Waals surface area contributed by atoms with E-state index in [-0.39, 0.29) is 18.1 Å². The van der Waals surface area contributed by atoms with Gasteiger partial charge in [0.1, 0.15) is 5.82 Å². The first-order valence-electron chi connectivity index (χ1n) is 5.10. The molecule has 1 aromatic rings. The second-order valence-electron chi connectivity index (χ2n) is 3.68. The van der Waals surface area contributed by atoms with Gasteiger partial charge in [-0.05, 0) is 23.8 Å². The fourth-order valence-corrected chi connectivity index (χ4v) is 1.93. The summed E-state index contributed by atoms with van der Waals surface area (Å²) in [5.41, 5.74) is 6.52. The minimum Gasteiger partial charge on any atom is -0.350 e. The van der Waals surface area contributed by atoms with Crippen molar-refractivity contribution in [2.75, 3.05) is 13.2 Å². The number of halogens is 2. The molecule has 1 saturated heterocycles. The molecular formula is C11H13ClFNO2. The van der Waals surface area contributed by atoms with Crippen molar-refractivity contribution in [3.05, 3.63) is 34.6 Å². The van der Waals surface area contributed by atoms with Crippen LogP contribution in [0.2, 0.25) is 5.02 Å². The summed E-state index contributed by atoms with van der Waals surface area (Å²) < 4.78 is 23.6. The van der Waals surface area contributed by atoms with E-state index >= 15 is 0 Å². The first-order valence-corrected chi connectivity index (χ1v) is 5.48. The molecule has 16 heavy (non-hydrogen) atoms. The Kier molecular flexibility index (Phi) is 3.76. The molecule has 1 aliphatic rings. The summed E-state index contributed by atoms with van der Waals surface area (Å²) in [5, 5.41) is 0.465. The molecule has 1 heterocycles. The molecule has 2 N–H and O–H groups in total. The van der Waals surface area contributed by atoms with Gasteiger partial charge >= 0.3 is 0 Å². The van der Waals surface area contributed by atoms with E-state index in [0.717, 1.165) is 0 Å². The van der Waals surface area contributed by atoms with Crippen LogP contribution in [0.1, 0.15) is 18.0 Å². The monoisotopic (exact) mass is 245 g/mol. The average Bonchev–Trinajstić information content (AvgIpc) is 2.74. The first-order chi connectivity index (χ1) is 7.66. The van der Waals surface area contributed by atoms with E-state index in [1.54, 1.807) is 0 Å². The topological polar surface area (TPSA) is 44.5 Å². The Balaban J connectivity index is 2.07. The van der Waals surface area contributed by atoms with Crippen LogP contribution in [0.4, 0.5) is 4.39 Å². The van der Waals surface area contributed by atoms with E-state index in [4.69, 9.17) is 26.8 Å². The number of rotatable bonds is 3. The largest absolute Gasteiger partial charge is 0.350 e. The molecule has 1 atom stereocenters. The maximum Gasteiger partial charge on any atom is 0.159 e. The molecular weight excluding hydrogens is 233 g/mol. The lowest BCUT2D eigenvalue weighted by Gasteiger charge is -2.17. The third-order valence-electron chi connectivity index (χ3n) is 2.49. The molecule has 0 amide bonds. The third-order valence-corrected chi connectivity index (χ3v) is 2.84. The van der Waals surface area contributed by atoms with Crippen LogP contribution >= 0.6 is 11.6 Å². The Morgan fingerprint density at radius 3 is 2.81 bits per heavy atom. The van der Waals surface area contributed by atoms with Crippen LogP contribution in [0.15, 0.2) is 18.2 Å². The summed E-state index contributed by atoms with van der Waals surface area (Å²) in [7, 11) is 0. The van der Waals surface area contributed by atoms with Crippen LogP contribution in [0.5, 0.6) is 0 Å². The molecule has 1 fully saturated rings. The summed E-state index contributed by atoms with van der Waals surface area (Å²) in [6.45, 7) is 1.16. The highest BCUT2D eigenvalue weighted by Gasteiger charge is 2.21. The molecule has 0 aromatic heterocycles. The molecule has 2 rings (SSSR count). The number of hydrogen-bond donors (Lipinski definition) is 1. The van der Waals surface area contributed by atoms with Crippen LogP contribution < -0.4 is 5.73 Å². The Hall–Kier alpha value is -0.680. The molecule has 88 valence electrons. The Bertz CT molecular complexity index is 369. The second-order valence-corrected chi connectivity index (χ2v) is 4.09. The van der Waals surface area contributed by atoms with Gasteiger partial charge in [-0.15, -0.1) is 0 Å². The fourth-order valence-electron chi connectivity index (χ4n) is 1.68. The van der Waals surface area contributed by atoms with Gasteiger partial charge in [0.25, 0.3) is 0 Å². The predicted molar refractivity (Wildman–Crippen MR) is 58.6 cm³/mol. The Morgan fingerprint density at radius 1 is 1.44 bits per heavy atom. The molecule has 0 aliphatic carbocycles. The Morgan fingerprint density at radius 2 is 2.12 bits per heavy atom. The Labute approximate surface area is 98.3 Å². The average molecular weight is 246 g/mol. The molecule has 0 spiro atoms. The van der Waals surface area contributed by atoms with E-state index in [0.29, 0.717) is 30.2 Å². The number of hydrogen-bond acceptors (Lipinski definition) is 3. The maximum atomic E-state index is 13.0. The van der Waals surface area contributed by atoms with E-state index in [1.165, 1.54) is 18.2 Å². The number of ether oxygens (including phenoxy) is 2. The van der Waals surface area contributed by atoms with Crippen molar-refractivity contribution in [2.45, 2.75) is 18.8 Å². The number of nitrogens with two attached hydrogens (primary N) is 1. The summed E-state index contributed by atoms with van der Waals surface area (Å²) in [6.07, 6.45) is 0.165. The van der Waals surface area contributed by atoms with Crippen LogP contribution in [0.3, 0.4) is 0 Å².